The maximum atomic E-state index is 13.1. The topological polar surface area (TPSA) is 67.9 Å². The summed E-state index contributed by atoms with van der Waals surface area (Å²) < 4.78 is 11.1. The van der Waals surface area contributed by atoms with Crippen LogP contribution < -0.4 is 14.8 Å². The number of carbonyl (C=O) groups is 2. The van der Waals surface area contributed by atoms with Gasteiger partial charge in [-0.3, -0.25) is 9.69 Å². The molecule has 26 heavy (non-hydrogen) atoms. The largest absolute Gasteiger partial charge is 0.486 e. The molecule has 3 amide bonds. The number of hydrogen-bond donors (Lipinski definition) is 1. The lowest BCUT2D eigenvalue weighted by molar-refractivity contribution is -0.131. The highest BCUT2D eigenvalue weighted by Crippen LogP contribution is 2.37. The summed E-state index contributed by atoms with van der Waals surface area (Å²) >= 11 is 0. The van der Waals surface area contributed by atoms with Gasteiger partial charge >= 0.3 is 6.03 Å². The van der Waals surface area contributed by atoms with Crippen LogP contribution in [0.3, 0.4) is 0 Å². The Morgan fingerprint density at radius 3 is 2.62 bits per heavy atom. The van der Waals surface area contributed by atoms with E-state index in [1.165, 1.54) is 4.90 Å². The van der Waals surface area contributed by atoms with Gasteiger partial charge in [0.05, 0.1) is 6.54 Å². The van der Waals surface area contributed by atoms with Crippen molar-refractivity contribution in [2.45, 2.75) is 25.9 Å². The minimum atomic E-state index is -1.13. The third-order valence-electron chi connectivity index (χ3n) is 4.82. The van der Waals surface area contributed by atoms with Gasteiger partial charge in [-0.15, -0.1) is 0 Å². The van der Waals surface area contributed by atoms with E-state index >= 15 is 0 Å². The summed E-state index contributed by atoms with van der Waals surface area (Å²) in [4.78, 5) is 26.8. The van der Waals surface area contributed by atoms with Crippen molar-refractivity contribution in [1.82, 2.24) is 10.2 Å². The molecular weight excluding hydrogens is 332 g/mol. The average Bonchev–Trinajstić information content (AvgIpc) is 2.85. The minimum Gasteiger partial charge on any atom is -0.486 e. The molecule has 6 nitrogen and oxygen atoms in total. The maximum absolute atomic E-state index is 13.1. The average molecular weight is 352 g/mol. The molecule has 2 aliphatic heterocycles. The quantitative estimate of drug-likeness (QED) is 0.863. The number of imide groups is 1. The molecule has 1 fully saturated rings. The van der Waals surface area contributed by atoms with Crippen molar-refractivity contribution in [1.29, 1.82) is 0 Å². The van der Waals surface area contributed by atoms with Crippen molar-refractivity contribution < 1.29 is 19.1 Å². The number of aryl methyl sites for hydroxylation is 1. The molecule has 1 unspecified atom stereocenters. The lowest BCUT2D eigenvalue weighted by Gasteiger charge is -2.25. The predicted molar refractivity (Wildman–Crippen MR) is 95.0 cm³/mol. The van der Waals surface area contributed by atoms with Gasteiger partial charge in [-0.2, -0.15) is 0 Å². The van der Waals surface area contributed by atoms with Crippen molar-refractivity contribution in [2.75, 3.05) is 13.2 Å². The summed E-state index contributed by atoms with van der Waals surface area (Å²) in [6.07, 6.45) is 0. The van der Waals surface area contributed by atoms with E-state index in [0.717, 1.165) is 11.1 Å². The third kappa shape index (κ3) is 2.67. The van der Waals surface area contributed by atoms with Gasteiger partial charge in [0.15, 0.2) is 11.5 Å². The summed E-state index contributed by atoms with van der Waals surface area (Å²) in [5.74, 6) is 0.965. The number of nitrogens with zero attached hydrogens (tertiary/aromatic N) is 1. The molecule has 0 aliphatic carbocycles. The van der Waals surface area contributed by atoms with Crippen molar-refractivity contribution >= 4 is 11.9 Å². The Balaban J connectivity index is 1.63. The van der Waals surface area contributed by atoms with Gasteiger partial charge < -0.3 is 14.8 Å². The number of benzene rings is 2. The highest BCUT2D eigenvalue weighted by molar-refractivity contribution is 6.07. The molecule has 0 spiro atoms. The molecule has 2 aliphatic rings. The van der Waals surface area contributed by atoms with Crippen LogP contribution in [0.25, 0.3) is 0 Å². The van der Waals surface area contributed by atoms with E-state index in [2.05, 4.69) is 5.32 Å². The van der Waals surface area contributed by atoms with Gasteiger partial charge in [-0.05, 0) is 37.1 Å². The maximum Gasteiger partial charge on any atom is 0.325 e. The van der Waals surface area contributed by atoms with Crippen molar-refractivity contribution in [2.24, 2.45) is 0 Å². The second-order valence-electron chi connectivity index (χ2n) is 6.79. The van der Waals surface area contributed by atoms with Crippen LogP contribution in [0.4, 0.5) is 4.79 Å². The summed E-state index contributed by atoms with van der Waals surface area (Å²) in [5.41, 5.74) is 1.55. The van der Waals surface area contributed by atoms with E-state index in [4.69, 9.17) is 9.47 Å². The van der Waals surface area contributed by atoms with Crippen LogP contribution in [0, 0.1) is 6.92 Å². The zero-order valence-corrected chi connectivity index (χ0v) is 14.7. The SMILES string of the molecule is Cc1cccc(CN2C(=O)NC(C)(c3ccc4c(c3)OCCO4)C2=O)c1. The Morgan fingerprint density at radius 1 is 1.08 bits per heavy atom. The molecule has 134 valence electrons. The Bertz CT molecular complexity index is 895. The Kier molecular flexibility index (Phi) is 3.83. The molecule has 2 heterocycles. The Morgan fingerprint density at radius 2 is 1.85 bits per heavy atom. The first-order valence-corrected chi connectivity index (χ1v) is 8.57. The first kappa shape index (κ1) is 16.4. The van der Waals surface area contributed by atoms with Gasteiger partial charge in [-0.1, -0.05) is 35.9 Å². The zero-order valence-electron chi connectivity index (χ0n) is 14.7. The third-order valence-corrected chi connectivity index (χ3v) is 4.82. The number of hydrogen-bond acceptors (Lipinski definition) is 4. The first-order valence-electron chi connectivity index (χ1n) is 8.57. The molecule has 0 bridgehead atoms. The highest BCUT2D eigenvalue weighted by Gasteiger charge is 2.49. The van der Waals surface area contributed by atoms with E-state index in [1.54, 1.807) is 25.1 Å². The summed E-state index contributed by atoms with van der Waals surface area (Å²) in [6, 6.07) is 12.7. The number of fused-ring (bicyclic) bond motifs is 1. The van der Waals surface area contributed by atoms with Crippen LogP contribution in [-0.4, -0.2) is 30.1 Å². The Hall–Kier alpha value is -3.02. The monoisotopic (exact) mass is 352 g/mol. The standard InChI is InChI=1S/C20H20N2O4/c1-13-4-3-5-14(10-13)12-22-18(23)20(2,21-19(22)24)15-6-7-16-17(11-15)26-9-8-25-16/h3-7,10-11H,8-9,12H2,1-2H3,(H,21,24). The van der Waals surface area contributed by atoms with Crippen molar-refractivity contribution in [3.05, 3.63) is 59.2 Å². The number of urea groups is 1. The first-order chi connectivity index (χ1) is 12.5. The number of rotatable bonds is 3. The van der Waals surface area contributed by atoms with Crippen molar-refractivity contribution in [3.8, 4) is 11.5 Å². The van der Waals surface area contributed by atoms with Gasteiger partial charge in [0.1, 0.15) is 18.8 Å². The molecule has 1 N–H and O–H groups in total. The minimum absolute atomic E-state index is 0.243. The van der Waals surface area contributed by atoms with E-state index in [0.29, 0.717) is 30.3 Å². The number of amides is 3. The smallest absolute Gasteiger partial charge is 0.325 e. The fraction of sp³-hybridized carbons (Fsp3) is 0.300. The van der Waals surface area contributed by atoms with E-state index in [-0.39, 0.29) is 12.5 Å². The van der Waals surface area contributed by atoms with Crippen LogP contribution in [0.1, 0.15) is 23.6 Å². The molecular formula is C20H20N2O4. The van der Waals surface area contributed by atoms with E-state index in [9.17, 15) is 9.59 Å². The second kappa shape index (κ2) is 6.05. The van der Waals surface area contributed by atoms with Crippen molar-refractivity contribution in [3.63, 3.8) is 0 Å². The number of ether oxygens (including phenoxy) is 2. The van der Waals surface area contributed by atoms with Crippen LogP contribution in [-0.2, 0) is 16.9 Å². The van der Waals surface area contributed by atoms with Crippen LogP contribution in [0.5, 0.6) is 11.5 Å². The van der Waals surface area contributed by atoms with E-state index < -0.39 is 11.6 Å². The normalized spacial score (nSPS) is 21.7. The summed E-state index contributed by atoms with van der Waals surface area (Å²) in [6.45, 7) is 4.91. The highest BCUT2D eigenvalue weighted by atomic mass is 16.6. The molecule has 6 heteroatoms. The predicted octanol–water partition coefficient (Wildman–Crippen LogP) is 2.73. The Labute approximate surface area is 151 Å². The van der Waals surface area contributed by atoms with Crippen LogP contribution in [0.15, 0.2) is 42.5 Å². The van der Waals surface area contributed by atoms with Crippen LogP contribution >= 0.6 is 0 Å². The molecule has 0 radical (unpaired) electrons. The fourth-order valence-corrected chi connectivity index (χ4v) is 3.38. The summed E-state index contributed by atoms with van der Waals surface area (Å²) in [5, 5.41) is 2.83. The van der Waals surface area contributed by atoms with Gasteiger partial charge in [0.2, 0.25) is 0 Å². The number of nitrogens with one attached hydrogen (secondary N) is 1. The van der Waals surface area contributed by atoms with E-state index in [1.807, 2.05) is 31.2 Å². The number of carbonyl (C=O) groups excluding carboxylic acids is 2. The lowest BCUT2D eigenvalue weighted by Crippen LogP contribution is -2.41. The molecule has 2 aromatic carbocycles. The summed E-state index contributed by atoms with van der Waals surface area (Å²) in [7, 11) is 0. The second-order valence-corrected chi connectivity index (χ2v) is 6.79. The molecule has 1 saturated heterocycles. The molecule has 0 saturated carbocycles. The molecule has 2 aromatic rings. The molecule has 4 rings (SSSR count). The lowest BCUT2D eigenvalue weighted by atomic mass is 9.91. The zero-order chi connectivity index (χ0) is 18.3. The fourth-order valence-electron chi connectivity index (χ4n) is 3.38. The van der Waals surface area contributed by atoms with Gasteiger partial charge in [-0.25, -0.2) is 4.79 Å². The van der Waals surface area contributed by atoms with Crippen LogP contribution in [0.2, 0.25) is 0 Å². The van der Waals surface area contributed by atoms with Gasteiger partial charge in [0, 0.05) is 0 Å². The molecule has 0 aromatic heterocycles. The molecule has 1 atom stereocenters. The van der Waals surface area contributed by atoms with Gasteiger partial charge in [0.25, 0.3) is 5.91 Å².